The Morgan fingerprint density at radius 3 is 2.68 bits per heavy atom. The van der Waals surface area contributed by atoms with Crippen molar-refractivity contribution >= 4 is 16.9 Å². The molecule has 0 radical (unpaired) electrons. The summed E-state index contributed by atoms with van der Waals surface area (Å²) >= 11 is 0. The highest BCUT2D eigenvalue weighted by molar-refractivity contribution is 5.89. The van der Waals surface area contributed by atoms with E-state index in [1.807, 2.05) is 36.7 Å². The second-order valence-corrected chi connectivity index (χ2v) is 10.5. The highest BCUT2D eigenvalue weighted by Gasteiger charge is 2.32. The van der Waals surface area contributed by atoms with E-state index in [-0.39, 0.29) is 18.6 Å². The van der Waals surface area contributed by atoms with E-state index in [4.69, 9.17) is 9.47 Å². The van der Waals surface area contributed by atoms with E-state index in [9.17, 15) is 4.79 Å². The Labute approximate surface area is 239 Å². The number of pyridine rings is 1. The van der Waals surface area contributed by atoms with Gasteiger partial charge in [-0.1, -0.05) is 18.2 Å². The first-order valence-corrected chi connectivity index (χ1v) is 13.9. The molecule has 0 amide bonds. The van der Waals surface area contributed by atoms with Crippen molar-refractivity contribution in [1.82, 2.24) is 24.8 Å². The van der Waals surface area contributed by atoms with Crippen molar-refractivity contribution in [3.63, 3.8) is 0 Å². The van der Waals surface area contributed by atoms with Gasteiger partial charge in [0.15, 0.2) is 0 Å². The maximum Gasteiger partial charge on any atom is 0.338 e. The first-order valence-electron chi connectivity index (χ1n) is 13.9. The van der Waals surface area contributed by atoms with Crippen molar-refractivity contribution in [3.05, 3.63) is 119 Å². The largest absolute Gasteiger partial charge is 0.496 e. The first kappa shape index (κ1) is 26.7. The molecule has 4 heterocycles. The van der Waals surface area contributed by atoms with Crippen LogP contribution in [0, 0.1) is 6.92 Å². The zero-order valence-corrected chi connectivity index (χ0v) is 23.3. The van der Waals surface area contributed by atoms with Crippen molar-refractivity contribution < 1.29 is 14.3 Å². The summed E-state index contributed by atoms with van der Waals surface area (Å²) in [6.45, 7) is 3.93. The molecule has 0 bridgehead atoms. The van der Waals surface area contributed by atoms with Crippen LogP contribution < -0.4 is 4.74 Å². The Morgan fingerprint density at radius 1 is 1.07 bits per heavy atom. The number of piperidine rings is 1. The molecule has 2 aromatic carbocycles. The number of rotatable bonds is 8. The molecule has 0 saturated carbocycles. The van der Waals surface area contributed by atoms with Crippen LogP contribution in [0.15, 0.2) is 85.7 Å². The topological polar surface area (TPSA) is 93.2 Å². The highest BCUT2D eigenvalue weighted by atomic mass is 16.5. The van der Waals surface area contributed by atoms with E-state index in [1.54, 1.807) is 31.9 Å². The Morgan fingerprint density at radius 2 is 1.93 bits per heavy atom. The van der Waals surface area contributed by atoms with Crippen LogP contribution in [0.5, 0.6) is 5.75 Å². The summed E-state index contributed by atoms with van der Waals surface area (Å²) in [6.07, 6.45) is 12.6. The molecule has 5 aromatic rings. The molecule has 6 rings (SSSR count). The number of esters is 1. The van der Waals surface area contributed by atoms with Gasteiger partial charge in [-0.05, 0) is 67.8 Å². The number of ether oxygens (including phenoxy) is 2. The number of fused-ring (bicyclic) bond motifs is 1. The average molecular weight is 548 g/mol. The van der Waals surface area contributed by atoms with Gasteiger partial charge in [0.25, 0.3) is 0 Å². The molecule has 41 heavy (non-hydrogen) atoms. The molecular formula is C33H33N5O3. The zero-order chi connectivity index (χ0) is 28.2. The third-order valence-corrected chi connectivity index (χ3v) is 8.03. The molecule has 0 spiro atoms. The van der Waals surface area contributed by atoms with Crippen LogP contribution in [0.1, 0.15) is 63.1 Å². The lowest BCUT2D eigenvalue weighted by Gasteiger charge is -2.40. The summed E-state index contributed by atoms with van der Waals surface area (Å²) < 4.78 is 11.4. The first-order chi connectivity index (χ1) is 20.1. The number of hydrogen-bond acceptors (Lipinski definition) is 7. The van der Waals surface area contributed by atoms with E-state index >= 15 is 0 Å². The zero-order valence-electron chi connectivity index (χ0n) is 23.3. The summed E-state index contributed by atoms with van der Waals surface area (Å²) in [4.78, 5) is 31.7. The van der Waals surface area contributed by atoms with Gasteiger partial charge < -0.3 is 14.5 Å². The van der Waals surface area contributed by atoms with Crippen LogP contribution in [-0.2, 0) is 17.9 Å². The summed E-state index contributed by atoms with van der Waals surface area (Å²) in [5, 5.41) is 1.18. The quantitative estimate of drug-likeness (QED) is 0.233. The highest BCUT2D eigenvalue weighted by Crippen LogP contribution is 2.41. The van der Waals surface area contributed by atoms with Crippen LogP contribution in [0.25, 0.3) is 10.9 Å². The minimum Gasteiger partial charge on any atom is -0.496 e. The molecule has 3 aromatic heterocycles. The Hall–Kier alpha value is -4.56. The number of aryl methyl sites for hydroxylation is 1. The molecular weight excluding hydrogens is 514 g/mol. The minimum atomic E-state index is -0.349. The SMILES string of the molecule is COc1cc(C)c2[nH]ccc2c1CN1CC[C@H](c2cnccn2)C[C@H]1c1ccc(C(=O)OCc2cccnc2)cc1. The van der Waals surface area contributed by atoms with Gasteiger partial charge in [-0.15, -0.1) is 0 Å². The molecule has 8 heteroatoms. The van der Waals surface area contributed by atoms with Crippen molar-refractivity contribution in [1.29, 1.82) is 0 Å². The number of carbonyl (C=O) groups is 1. The number of nitrogens with zero attached hydrogens (tertiary/aromatic N) is 4. The number of aromatic nitrogens is 4. The van der Waals surface area contributed by atoms with Crippen LogP contribution in [-0.4, -0.2) is 44.5 Å². The van der Waals surface area contributed by atoms with Crippen LogP contribution in [0.4, 0.5) is 0 Å². The van der Waals surface area contributed by atoms with Gasteiger partial charge in [0.05, 0.1) is 18.4 Å². The summed E-state index contributed by atoms with van der Waals surface area (Å²) in [7, 11) is 1.74. The fraction of sp³-hybridized carbons (Fsp3) is 0.273. The lowest BCUT2D eigenvalue weighted by atomic mass is 9.84. The Bertz CT molecular complexity index is 1620. The van der Waals surface area contributed by atoms with Crippen LogP contribution in [0.3, 0.4) is 0 Å². The lowest BCUT2D eigenvalue weighted by Crippen LogP contribution is -2.36. The number of carbonyl (C=O) groups excluding carboxylic acids is 1. The van der Waals surface area contributed by atoms with Crippen molar-refractivity contribution in [3.8, 4) is 5.75 Å². The molecule has 1 fully saturated rings. The maximum atomic E-state index is 12.8. The number of hydrogen-bond donors (Lipinski definition) is 1. The van der Waals surface area contributed by atoms with Gasteiger partial charge in [0.2, 0.25) is 0 Å². The van der Waals surface area contributed by atoms with E-state index < -0.39 is 0 Å². The third-order valence-electron chi connectivity index (χ3n) is 8.03. The van der Waals surface area contributed by atoms with Crippen LogP contribution in [0.2, 0.25) is 0 Å². The molecule has 1 N–H and O–H groups in total. The second-order valence-electron chi connectivity index (χ2n) is 10.5. The molecule has 0 aliphatic carbocycles. The predicted octanol–water partition coefficient (Wildman–Crippen LogP) is 6.15. The van der Waals surface area contributed by atoms with Gasteiger partial charge >= 0.3 is 5.97 Å². The fourth-order valence-corrected chi connectivity index (χ4v) is 5.88. The summed E-state index contributed by atoms with van der Waals surface area (Å²) in [5.41, 5.74) is 7.03. The second kappa shape index (κ2) is 11.9. The van der Waals surface area contributed by atoms with Gasteiger partial charge in [-0.2, -0.15) is 0 Å². The Balaban J connectivity index is 1.27. The molecule has 8 nitrogen and oxygen atoms in total. The van der Waals surface area contributed by atoms with E-state index in [1.165, 1.54) is 10.9 Å². The van der Waals surface area contributed by atoms with Gasteiger partial charge in [-0.3, -0.25) is 19.9 Å². The monoisotopic (exact) mass is 547 g/mol. The summed E-state index contributed by atoms with van der Waals surface area (Å²) in [5.74, 6) is 0.843. The number of aromatic amines is 1. The van der Waals surface area contributed by atoms with Gasteiger partial charge in [-0.25, -0.2) is 4.79 Å². The number of benzene rings is 2. The van der Waals surface area contributed by atoms with Crippen LogP contribution >= 0.6 is 0 Å². The van der Waals surface area contributed by atoms with Gasteiger partial charge in [0, 0.05) is 77.7 Å². The van der Waals surface area contributed by atoms with Crippen molar-refractivity contribution in [2.45, 2.75) is 44.9 Å². The maximum absolute atomic E-state index is 12.8. The van der Waals surface area contributed by atoms with E-state index in [2.05, 4.69) is 56.0 Å². The molecule has 208 valence electrons. The standard InChI is InChI=1S/C33H33N5O3/c1-22-16-31(40-2)28(27-9-12-37-32(22)27)20-38-15-10-26(29-19-35-13-14-36-29)17-30(38)24-5-7-25(8-6-24)33(39)41-21-23-4-3-11-34-18-23/h3-9,11-14,16,18-19,26,30,37H,10,15,17,20-21H2,1-2H3/t26-,30-/m0/s1. The van der Waals surface area contributed by atoms with Crippen molar-refractivity contribution in [2.75, 3.05) is 13.7 Å². The average Bonchev–Trinajstić information content (AvgIpc) is 3.53. The number of nitrogens with one attached hydrogen (secondary N) is 1. The van der Waals surface area contributed by atoms with Gasteiger partial charge in [0.1, 0.15) is 12.4 Å². The summed E-state index contributed by atoms with van der Waals surface area (Å²) in [6, 6.07) is 15.9. The molecule has 1 aliphatic heterocycles. The third kappa shape index (κ3) is 5.69. The fourth-order valence-electron chi connectivity index (χ4n) is 5.88. The van der Waals surface area contributed by atoms with E-state index in [0.717, 1.165) is 59.6 Å². The predicted molar refractivity (Wildman–Crippen MR) is 157 cm³/mol. The molecule has 1 saturated heterocycles. The Kier molecular flexibility index (Phi) is 7.73. The minimum absolute atomic E-state index is 0.122. The van der Waals surface area contributed by atoms with E-state index in [0.29, 0.717) is 11.5 Å². The molecule has 0 unspecified atom stereocenters. The number of H-pyrrole nitrogens is 1. The van der Waals surface area contributed by atoms with Crippen molar-refractivity contribution in [2.24, 2.45) is 0 Å². The molecule has 1 aliphatic rings. The smallest absolute Gasteiger partial charge is 0.338 e. The number of likely N-dealkylation sites (tertiary alicyclic amines) is 1. The normalized spacial score (nSPS) is 17.4. The lowest BCUT2D eigenvalue weighted by molar-refractivity contribution is 0.0472. The number of methoxy groups -OCH3 is 1. The molecule has 2 atom stereocenters.